The Kier molecular flexibility index (Phi) is 7.49. The predicted octanol–water partition coefficient (Wildman–Crippen LogP) is 13.9. The molecule has 11 rings (SSSR count). The monoisotopic (exact) mass is 713 g/mol. The van der Waals surface area contributed by atoms with Gasteiger partial charge in [-0.15, -0.1) is 0 Å². The van der Waals surface area contributed by atoms with E-state index in [1.54, 1.807) is 0 Å². The first-order valence-electron chi connectivity index (χ1n) is 19.1. The minimum Gasteiger partial charge on any atom is -0.309 e. The van der Waals surface area contributed by atoms with Crippen LogP contribution in [-0.2, 0) is 0 Å². The molecule has 0 amide bonds. The normalized spacial score (nSPS) is 11.6. The van der Waals surface area contributed by atoms with Crippen molar-refractivity contribution < 1.29 is 0 Å². The molecule has 0 saturated heterocycles. The van der Waals surface area contributed by atoms with Gasteiger partial charge >= 0.3 is 0 Å². The van der Waals surface area contributed by atoms with Gasteiger partial charge in [-0.2, -0.15) is 0 Å². The van der Waals surface area contributed by atoms with Gasteiger partial charge in [-0.1, -0.05) is 158 Å². The summed E-state index contributed by atoms with van der Waals surface area (Å²) in [4.78, 5) is 5.26. The Morgan fingerprint density at radius 1 is 0.321 bits per heavy atom. The van der Waals surface area contributed by atoms with Crippen LogP contribution in [0.25, 0.3) is 99.8 Å². The number of aromatic nitrogens is 3. The van der Waals surface area contributed by atoms with Gasteiger partial charge in [0.1, 0.15) is 0 Å². The minimum atomic E-state index is 0.942. The zero-order valence-corrected chi connectivity index (χ0v) is 30.5. The molecule has 0 radical (unpaired) electrons. The highest BCUT2D eigenvalue weighted by Crippen LogP contribution is 2.43. The summed E-state index contributed by atoms with van der Waals surface area (Å²) >= 11 is 0. The van der Waals surface area contributed by atoms with E-state index in [4.69, 9.17) is 4.98 Å². The van der Waals surface area contributed by atoms with Gasteiger partial charge in [0.05, 0.1) is 39.1 Å². The standard InChI is InChI=1S/C53H35N3/c1-4-17-36(18-5-1)40-34-46(37-19-6-2-7-20-37)54-47(35-40)39-22-16-21-38(33-39)42-25-10-13-28-48(42)56-50-30-15-12-27-45(50)52-51(56)32-31-44-43-26-11-14-29-49(43)55(53(44)52)41-23-8-3-9-24-41/h1-35H. The molecule has 0 unspecified atom stereocenters. The second kappa shape index (κ2) is 13.1. The maximum atomic E-state index is 5.26. The smallest absolute Gasteiger partial charge is 0.0715 e. The molecule has 0 N–H and O–H groups in total. The molecule has 0 aliphatic rings. The topological polar surface area (TPSA) is 22.8 Å². The average molecular weight is 714 g/mol. The Bertz CT molecular complexity index is 3170. The summed E-state index contributed by atoms with van der Waals surface area (Å²) in [7, 11) is 0. The molecule has 0 atom stereocenters. The average Bonchev–Trinajstić information content (AvgIpc) is 3.80. The van der Waals surface area contributed by atoms with Gasteiger partial charge in [0.2, 0.25) is 0 Å². The number of benzene rings is 8. The zero-order valence-electron chi connectivity index (χ0n) is 30.5. The number of nitrogens with zero attached hydrogens (tertiary/aromatic N) is 3. The van der Waals surface area contributed by atoms with E-state index in [1.165, 1.54) is 49.2 Å². The molecular weight excluding hydrogens is 679 g/mol. The second-order valence-electron chi connectivity index (χ2n) is 14.4. The number of pyridine rings is 1. The molecule has 0 aliphatic heterocycles. The van der Waals surface area contributed by atoms with Crippen molar-refractivity contribution in [1.29, 1.82) is 0 Å². The van der Waals surface area contributed by atoms with E-state index >= 15 is 0 Å². The van der Waals surface area contributed by atoms with Crippen LogP contribution in [0.5, 0.6) is 0 Å². The van der Waals surface area contributed by atoms with Crippen LogP contribution in [-0.4, -0.2) is 14.1 Å². The molecule has 56 heavy (non-hydrogen) atoms. The maximum Gasteiger partial charge on any atom is 0.0715 e. The molecule has 0 fully saturated rings. The number of hydrogen-bond acceptors (Lipinski definition) is 1. The van der Waals surface area contributed by atoms with E-state index < -0.39 is 0 Å². The zero-order chi connectivity index (χ0) is 37.0. The van der Waals surface area contributed by atoms with Crippen molar-refractivity contribution in [3.05, 3.63) is 212 Å². The van der Waals surface area contributed by atoms with E-state index in [9.17, 15) is 0 Å². The molecule has 8 aromatic carbocycles. The second-order valence-corrected chi connectivity index (χ2v) is 14.4. The van der Waals surface area contributed by atoms with Crippen LogP contribution >= 0.6 is 0 Å². The van der Waals surface area contributed by atoms with Gasteiger partial charge in [-0.05, 0) is 71.3 Å². The molecule has 262 valence electrons. The van der Waals surface area contributed by atoms with Crippen LogP contribution in [0.3, 0.4) is 0 Å². The van der Waals surface area contributed by atoms with Crippen molar-refractivity contribution in [2.75, 3.05) is 0 Å². The quantitative estimate of drug-likeness (QED) is 0.168. The minimum absolute atomic E-state index is 0.942. The molecule has 0 bridgehead atoms. The van der Waals surface area contributed by atoms with Gasteiger partial charge < -0.3 is 9.13 Å². The molecular formula is C53H35N3. The van der Waals surface area contributed by atoms with Gasteiger partial charge in [-0.25, -0.2) is 4.98 Å². The number of fused-ring (bicyclic) bond motifs is 7. The highest BCUT2D eigenvalue weighted by Gasteiger charge is 2.22. The SMILES string of the molecule is c1ccc(-c2cc(-c3ccccc3)nc(-c3cccc(-c4ccccc4-n4c5ccccc5c5c4ccc4c6ccccc6n(-c6ccccc6)c45)c3)c2)cc1. The fourth-order valence-electron chi connectivity index (χ4n) is 8.60. The largest absolute Gasteiger partial charge is 0.309 e. The Hall–Kier alpha value is -7.49. The van der Waals surface area contributed by atoms with Crippen LogP contribution in [0.4, 0.5) is 0 Å². The summed E-state index contributed by atoms with van der Waals surface area (Å²) in [5, 5.41) is 4.98. The molecule has 0 spiro atoms. The number of para-hydroxylation sites is 4. The fraction of sp³-hybridized carbons (Fsp3) is 0. The first-order valence-corrected chi connectivity index (χ1v) is 19.1. The summed E-state index contributed by atoms with van der Waals surface area (Å²) in [6, 6.07) is 76.1. The van der Waals surface area contributed by atoms with Crippen LogP contribution < -0.4 is 0 Å². The lowest BCUT2D eigenvalue weighted by Gasteiger charge is -2.15. The molecule has 3 heterocycles. The van der Waals surface area contributed by atoms with Crippen LogP contribution in [0.1, 0.15) is 0 Å². The van der Waals surface area contributed by atoms with E-state index in [2.05, 4.69) is 221 Å². The Morgan fingerprint density at radius 2 is 0.893 bits per heavy atom. The van der Waals surface area contributed by atoms with Gasteiger partial charge in [-0.3, -0.25) is 0 Å². The maximum absolute atomic E-state index is 5.26. The number of hydrogen-bond donors (Lipinski definition) is 0. The van der Waals surface area contributed by atoms with Crippen LogP contribution in [0.2, 0.25) is 0 Å². The summed E-state index contributed by atoms with van der Waals surface area (Å²) in [6.07, 6.45) is 0. The summed E-state index contributed by atoms with van der Waals surface area (Å²) in [5.41, 5.74) is 15.7. The molecule has 0 saturated carbocycles. The number of rotatable bonds is 6. The highest BCUT2D eigenvalue weighted by molar-refractivity contribution is 6.26. The van der Waals surface area contributed by atoms with Gasteiger partial charge in [0.25, 0.3) is 0 Å². The van der Waals surface area contributed by atoms with Crippen LogP contribution in [0.15, 0.2) is 212 Å². The summed E-state index contributed by atoms with van der Waals surface area (Å²) in [6.45, 7) is 0. The third kappa shape index (κ3) is 5.17. The van der Waals surface area contributed by atoms with Crippen molar-refractivity contribution >= 4 is 43.6 Å². The van der Waals surface area contributed by atoms with Crippen molar-refractivity contribution in [2.45, 2.75) is 0 Å². The molecule has 3 heteroatoms. The predicted molar refractivity (Wildman–Crippen MR) is 235 cm³/mol. The fourth-order valence-corrected chi connectivity index (χ4v) is 8.60. The first kappa shape index (κ1) is 32.0. The Balaban J connectivity index is 1.13. The van der Waals surface area contributed by atoms with Crippen molar-refractivity contribution in [3.63, 3.8) is 0 Å². The van der Waals surface area contributed by atoms with E-state index in [0.717, 1.165) is 50.6 Å². The third-order valence-corrected chi connectivity index (χ3v) is 11.1. The van der Waals surface area contributed by atoms with Gasteiger partial charge in [0.15, 0.2) is 0 Å². The first-order chi connectivity index (χ1) is 27.8. The molecule has 11 aromatic rings. The molecule has 0 aliphatic carbocycles. The summed E-state index contributed by atoms with van der Waals surface area (Å²) in [5.74, 6) is 0. The van der Waals surface area contributed by atoms with Crippen molar-refractivity contribution in [1.82, 2.24) is 14.1 Å². The molecule has 3 nitrogen and oxygen atoms in total. The third-order valence-electron chi connectivity index (χ3n) is 11.1. The Labute approximate surface area is 325 Å². The van der Waals surface area contributed by atoms with Crippen LogP contribution in [0, 0.1) is 0 Å². The van der Waals surface area contributed by atoms with E-state index in [-0.39, 0.29) is 0 Å². The van der Waals surface area contributed by atoms with Crippen molar-refractivity contribution in [3.8, 4) is 56.1 Å². The lowest BCUT2D eigenvalue weighted by molar-refractivity contribution is 1.17. The van der Waals surface area contributed by atoms with E-state index in [0.29, 0.717) is 0 Å². The lowest BCUT2D eigenvalue weighted by Crippen LogP contribution is -1.98. The summed E-state index contributed by atoms with van der Waals surface area (Å²) < 4.78 is 4.90. The van der Waals surface area contributed by atoms with E-state index in [1.807, 2.05) is 0 Å². The Morgan fingerprint density at radius 3 is 1.66 bits per heavy atom. The highest BCUT2D eigenvalue weighted by atomic mass is 15.0. The molecule has 3 aromatic heterocycles. The van der Waals surface area contributed by atoms with Gasteiger partial charge in [0, 0.05) is 43.9 Å². The lowest BCUT2D eigenvalue weighted by atomic mass is 9.97. The van der Waals surface area contributed by atoms with Crippen molar-refractivity contribution in [2.24, 2.45) is 0 Å².